The molecule has 0 N–H and O–H groups in total. The number of rotatable bonds is 2. The summed E-state index contributed by atoms with van der Waals surface area (Å²) in [5.41, 5.74) is 0.891. The molecule has 1 aliphatic rings. The van der Waals surface area contributed by atoms with Crippen LogP contribution in [0, 0.1) is 5.82 Å². The highest BCUT2D eigenvalue weighted by Crippen LogP contribution is 2.39. The Kier molecular flexibility index (Phi) is 2.49. The molecule has 4 heteroatoms. The predicted octanol–water partition coefficient (Wildman–Crippen LogP) is 2.45. The average molecular weight is 261 g/mol. The van der Waals surface area contributed by atoms with Gasteiger partial charge < -0.3 is 9.47 Å². The summed E-state index contributed by atoms with van der Waals surface area (Å²) in [5, 5.41) is 0. The summed E-state index contributed by atoms with van der Waals surface area (Å²) in [5.74, 6) is -0.0687. The minimum atomic E-state index is -0.337. The molecule has 0 saturated carbocycles. The molecule has 1 saturated heterocycles. The zero-order valence-electron chi connectivity index (χ0n) is 7.72. The van der Waals surface area contributed by atoms with Crippen molar-refractivity contribution < 1.29 is 13.9 Å². The van der Waals surface area contributed by atoms with Crippen LogP contribution in [0.4, 0.5) is 4.39 Å². The zero-order chi connectivity index (χ0) is 10.2. The zero-order valence-corrected chi connectivity index (χ0v) is 9.30. The van der Waals surface area contributed by atoms with Gasteiger partial charge in [-0.1, -0.05) is 22.0 Å². The highest BCUT2D eigenvalue weighted by Gasteiger charge is 2.37. The molecule has 1 aromatic carbocycles. The molecule has 0 spiro atoms. The molecule has 1 heterocycles. The third-order valence-electron chi connectivity index (χ3n) is 2.33. The van der Waals surface area contributed by atoms with Crippen LogP contribution in [0.1, 0.15) is 5.56 Å². The summed E-state index contributed by atoms with van der Waals surface area (Å²) in [6.45, 7) is 1.16. The van der Waals surface area contributed by atoms with Crippen molar-refractivity contribution in [1.82, 2.24) is 0 Å². The lowest BCUT2D eigenvalue weighted by Gasteiger charge is -2.36. The normalized spacial score (nSPS) is 18.8. The minimum absolute atomic E-state index is 0.208. The van der Waals surface area contributed by atoms with Gasteiger partial charge in [-0.05, 0) is 17.7 Å². The molecule has 14 heavy (non-hydrogen) atoms. The van der Waals surface area contributed by atoms with Gasteiger partial charge in [0.15, 0.2) is 11.6 Å². The summed E-state index contributed by atoms with van der Waals surface area (Å²) in [7, 11) is 1.45. The lowest BCUT2D eigenvalue weighted by molar-refractivity contribution is -0.00711. The van der Waals surface area contributed by atoms with Gasteiger partial charge in [-0.15, -0.1) is 0 Å². The molecule has 1 aromatic rings. The van der Waals surface area contributed by atoms with Crippen LogP contribution in [0.15, 0.2) is 18.2 Å². The predicted molar refractivity (Wildman–Crippen MR) is 54.4 cm³/mol. The van der Waals surface area contributed by atoms with Crippen molar-refractivity contribution >= 4 is 15.9 Å². The second kappa shape index (κ2) is 3.51. The number of halogens is 2. The van der Waals surface area contributed by atoms with E-state index in [0.717, 1.165) is 5.56 Å². The number of hydrogen-bond donors (Lipinski definition) is 0. The van der Waals surface area contributed by atoms with Gasteiger partial charge in [-0.3, -0.25) is 0 Å². The van der Waals surface area contributed by atoms with E-state index in [9.17, 15) is 4.39 Å². The van der Waals surface area contributed by atoms with Crippen LogP contribution in [0.5, 0.6) is 5.75 Å². The Morgan fingerprint density at radius 2 is 2.21 bits per heavy atom. The Morgan fingerprint density at radius 3 is 2.64 bits per heavy atom. The number of alkyl halides is 1. The summed E-state index contributed by atoms with van der Waals surface area (Å²) in [6, 6.07) is 4.96. The highest BCUT2D eigenvalue weighted by atomic mass is 79.9. The lowest BCUT2D eigenvalue weighted by Crippen LogP contribution is -2.41. The number of benzene rings is 1. The Balaban J connectivity index is 2.32. The van der Waals surface area contributed by atoms with Crippen LogP contribution in [0.2, 0.25) is 0 Å². The standard InChI is InChI=1S/C10H10BrFO2/c1-13-9-3-2-7(4-8(9)12)10(11)5-14-6-10/h2-4H,5-6H2,1H3. The molecule has 0 aliphatic carbocycles. The Labute approximate surface area is 90.1 Å². The summed E-state index contributed by atoms with van der Waals surface area (Å²) < 4.78 is 23.1. The lowest BCUT2D eigenvalue weighted by atomic mass is 9.97. The van der Waals surface area contributed by atoms with Crippen molar-refractivity contribution in [2.24, 2.45) is 0 Å². The van der Waals surface area contributed by atoms with E-state index >= 15 is 0 Å². The van der Waals surface area contributed by atoms with Crippen LogP contribution in [-0.2, 0) is 9.06 Å². The molecular formula is C10H10BrFO2. The van der Waals surface area contributed by atoms with Crippen LogP contribution in [-0.4, -0.2) is 20.3 Å². The van der Waals surface area contributed by atoms with E-state index < -0.39 is 0 Å². The Bertz CT molecular complexity index is 350. The third-order valence-corrected chi connectivity index (χ3v) is 3.25. The summed E-state index contributed by atoms with van der Waals surface area (Å²) in [6.07, 6.45) is 0. The quantitative estimate of drug-likeness (QED) is 0.761. The van der Waals surface area contributed by atoms with E-state index in [1.54, 1.807) is 6.07 Å². The van der Waals surface area contributed by atoms with Gasteiger partial charge in [-0.25, -0.2) is 4.39 Å². The molecular weight excluding hydrogens is 251 g/mol. The van der Waals surface area contributed by atoms with Crippen molar-refractivity contribution in [1.29, 1.82) is 0 Å². The molecule has 76 valence electrons. The van der Waals surface area contributed by atoms with Gasteiger partial charge in [0.25, 0.3) is 0 Å². The molecule has 0 radical (unpaired) electrons. The molecule has 0 aromatic heterocycles. The average Bonchev–Trinajstić information content (AvgIpc) is 2.14. The fourth-order valence-electron chi connectivity index (χ4n) is 1.39. The molecule has 0 atom stereocenters. The minimum Gasteiger partial charge on any atom is -0.494 e. The van der Waals surface area contributed by atoms with Crippen molar-refractivity contribution in [2.45, 2.75) is 4.32 Å². The summed E-state index contributed by atoms with van der Waals surface area (Å²) in [4.78, 5) is 0. The fourth-order valence-corrected chi connectivity index (χ4v) is 1.96. The first-order valence-corrected chi connectivity index (χ1v) is 5.06. The van der Waals surface area contributed by atoms with E-state index in [2.05, 4.69) is 15.9 Å². The number of ether oxygens (including phenoxy) is 2. The molecule has 0 bridgehead atoms. The maximum Gasteiger partial charge on any atom is 0.165 e. The first-order valence-electron chi connectivity index (χ1n) is 4.26. The van der Waals surface area contributed by atoms with Crippen molar-refractivity contribution in [3.63, 3.8) is 0 Å². The van der Waals surface area contributed by atoms with Crippen LogP contribution in [0.25, 0.3) is 0 Å². The van der Waals surface area contributed by atoms with Gasteiger partial charge in [0, 0.05) is 0 Å². The van der Waals surface area contributed by atoms with E-state index in [0.29, 0.717) is 13.2 Å². The van der Waals surface area contributed by atoms with Gasteiger partial charge in [-0.2, -0.15) is 0 Å². The third kappa shape index (κ3) is 1.53. The molecule has 1 fully saturated rings. The maximum absolute atomic E-state index is 13.4. The smallest absolute Gasteiger partial charge is 0.165 e. The topological polar surface area (TPSA) is 18.5 Å². The van der Waals surface area contributed by atoms with Crippen LogP contribution < -0.4 is 4.74 Å². The van der Waals surface area contributed by atoms with E-state index in [4.69, 9.17) is 9.47 Å². The number of methoxy groups -OCH3 is 1. The summed E-state index contributed by atoms with van der Waals surface area (Å²) >= 11 is 3.52. The Morgan fingerprint density at radius 1 is 1.50 bits per heavy atom. The van der Waals surface area contributed by atoms with E-state index in [-0.39, 0.29) is 15.9 Å². The monoisotopic (exact) mass is 260 g/mol. The molecule has 0 unspecified atom stereocenters. The Hall–Kier alpha value is -0.610. The molecule has 2 nitrogen and oxygen atoms in total. The molecule has 0 amide bonds. The van der Waals surface area contributed by atoms with Gasteiger partial charge >= 0.3 is 0 Å². The second-order valence-corrected chi connectivity index (χ2v) is 4.83. The van der Waals surface area contributed by atoms with Crippen molar-refractivity contribution in [3.8, 4) is 5.75 Å². The second-order valence-electron chi connectivity index (χ2n) is 3.31. The van der Waals surface area contributed by atoms with Gasteiger partial charge in [0.05, 0.1) is 24.6 Å². The van der Waals surface area contributed by atoms with E-state index in [1.807, 2.05) is 6.07 Å². The fraction of sp³-hybridized carbons (Fsp3) is 0.400. The SMILES string of the molecule is COc1ccc(C2(Br)COC2)cc1F. The first-order chi connectivity index (χ1) is 6.65. The maximum atomic E-state index is 13.4. The van der Waals surface area contributed by atoms with Crippen molar-refractivity contribution in [2.75, 3.05) is 20.3 Å². The van der Waals surface area contributed by atoms with Crippen LogP contribution >= 0.6 is 15.9 Å². The number of hydrogen-bond acceptors (Lipinski definition) is 2. The van der Waals surface area contributed by atoms with Crippen molar-refractivity contribution in [3.05, 3.63) is 29.6 Å². The molecule has 1 aliphatic heterocycles. The van der Waals surface area contributed by atoms with Gasteiger partial charge in [0.1, 0.15) is 0 Å². The van der Waals surface area contributed by atoms with Gasteiger partial charge in [0.2, 0.25) is 0 Å². The van der Waals surface area contributed by atoms with Crippen LogP contribution in [0.3, 0.4) is 0 Å². The first kappa shape index (κ1) is 9.93. The molecule has 2 rings (SSSR count). The largest absolute Gasteiger partial charge is 0.494 e. The highest BCUT2D eigenvalue weighted by molar-refractivity contribution is 9.09. The van der Waals surface area contributed by atoms with E-state index in [1.165, 1.54) is 13.2 Å².